The van der Waals surface area contributed by atoms with E-state index in [1.165, 1.54) is 32.3 Å². The minimum absolute atomic E-state index is 0.207. The first-order chi connectivity index (χ1) is 25.8. The zero-order chi connectivity index (χ0) is 36.7. The summed E-state index contributed by atoms with van der Waals surface area (Å²) in [6.07, 6.45) is 1.68. The van der Waals surface area contributed by atoms with Gasteiger partial charge in [-0.3, -0.25) is 14.5 Å². The first kappa shape index (κ1) is 34.3. The van der Waals surface area contributed by atoms with Crippen molar-refractivity contribution in [3.05, 3.63) is 163 Å². The monoisotopic (exact) mass is 705 g/mol. The zero-order valence-corrected chi connectivity index (χ0v) is 31.8. The van der Waals surface area contributed by atoms with Gasteiger partial charge in [0.05, 0.1) is 8.07 Å². The molecule has 260 valence electrons. The van der Waals surface area contributed by atoms with E-state index in [1.807, 2.05) is 18.2 Å². The van der Waals surface area contributed by atoms with Crippen molar-refractivity contribution >= 4 is 35.8 Å². The lowest BCUT2D eigenvalue weighted by molar-refractivity contribution is 0.0608. The van der Waals surface area contributed by atoms with Gasteiger partial charge in [-0.2, -0.15) is 0 Å². The Balaban J connectivity index is 1.62. The molecule has 4 heteroatoms. The van der Waals surface area contributed by atoms with E-state index in [-0.39, 0.29) is 11.8 Å². The fourth-order valence-corrected chi connectivity index (χ4v) is 10.3. The van der Waals surface area contributed by atoms with Gasteiger partial charge in [0.2, 0.25) is 0 Å². The van der Waals surface area contributed by atoms with Gasteiger partial charge in [0.25, 0.3) is 11.8 Å². The Labute approximate surface area is 313 Å². The Bertz CT molecular complexity index is 2460. The lowest BCUT2D eigenvalue weighted by Gasteiger charge is -2.34. The predicted octanol–water partition coefficient (Wildman–Crippen LogP) is 12.1. The van der Waals surface area contributed by atoms with Crippen molar-refractivity contribution in [1.82, 2.24) is 4.90 Å². The molecule has 0 saturated carbocycles. The number of nitrogens with zero attached hydrogens (tertiary/aromatic N) is 1. The largest absolute Gasteiger partial charge is 0.274 e. The van der Waals surface area contributed by atoms with Crippen LogP contribution in [0.25, 0.3) is 66.4 Å². The third-order valence-corrected chi connectivity index (χ3v) is 12.5. The summed E-state index contributed by atoms with van der Waals surface area (Å²) in [5, 5.41) is 3.03. The molecule has 0 N–H and O–H groups in total. The Morgan fingerprint density at radius 1 is 0.453 bits per heavy atom. The molecule has 0 spiro atoms. The van der Waals surface area contributed by atoms with E-state index in [1.54, 1.807) is 0 Å². The summed E-state index contributed by atoms with van der Waals surface area (Å²) in [4.78, 5) is 29.6. The highest BCUT2D eigenvalue weighted by Crippen LogP contribution is 2.51. The number of benzene rings is 7. The molecule has 0 radical (unpaired) electrons. The molecule has 8 rings (SSSR count). The van der Waals surface area contributed by atoms with E-state index < -0.39 is 8.07 Å². The standard InChI is InChI=1S/C49H43NO2Si/c1-5-6-32-50-48(51)39-29-19-28-37-38(30-31-40(45(37)39)49(50)52)46-43(35-24-15-9-16-25-35)41(33-20-11-7-12-21-33)42(34-22-13-8-14-23-34)44(47(46)53(2,3)4)36-26-17-10-18-27-36/h7-31H,5-6,32H2,1-4H3. The Kier molecular flexibility index (Phi) is 9.01. The van der Waals surface area contributed by atoms with E-state index in [4.69, 9.17) is 0 Å². The number of carbonyl (C=O) groups is 2. The minimum Gasteiger partial charge on any atom is -0.274 e. The van der Waals surface area contributed by atoms with E-state index >= 15 is 0 Å². The van der Waals surface area contributed by atoms with E-state index in [0.717, 1.165) is 57.0 Å². The van der Waals surface area contributed by atoms with Crippen molar-refractivity contribution < 1.29 is 9.59 Å². The number of amides is 2. The van der Waals surface area contributed by atoms with Crippen LogP contribution in [0.3, 0.4) is 0 Å². The molecule has 1 aliphatic heterocycles. The van der Waals surface area contributed by atoms with Crippen LogP contribution in [-0.2, 0) is 0 Å². The predicted molar refractivity (Wildman–Crippen MR) is 224 cm³/mol. The van der Waals surface area contributed by atoms with Gasteiger partial charge >= 0.3 is 0 Å². The molecule has 0 aromatic heterocycles. The maximum absolute atomic E-state index is 14.1. The number of hydrogen-bond donors (Lipinski definition) is 0. The topological polar surface area (TPSA) is 37.4 Å². The minimum atomic E-state index is -2.24. The summed E-state index contributed by atoms with van der Waals surface area (Å²) in [7, 11) is -2.24. The van der Waals surface area contributed by atoms with Crippen LogP contribution < -0.4 is 5.19 Å². The Morgan fingerprint density at radius 2 is 0.868 bits per heavy atom. The van der Waals surface area contributed by atoms with Crippen molar-refractivity contribution in [2.75, 3.05) is 6.54 Å². The third-order valence-electron chi connectivity index (χ3n) is 10.5. The third kappa shape index (κ3) is 5.93. The van der Waals surface area contributed by atoms with Gasteiger partial charge in [-0.25, -0.2) is 0 Å². The van der Waals surface area contributed by atoms with Crippen LogP contribution in [0.1, 0.15) is 40.5 Å². The molecular formula is C49H43NO2Si. The molecule has 1 aliphatic rings. The van der Waals surface area contributed by atoms with Crippen LogP contribution in [0.15, 0.2) is 152 Å². The quantitative estimate of drug-likeness (QED) is 0.111. The summed E-state index contributed by atoms with van der Waals surface area (Å²) < 4.78 is 0. The van der Waals surface area contributed by atoms with Crippen molar-refractivity contribution in [3.63, 3.8) is 0 Å². The SMILES string of the molecule is CCCCN1C(=O)c2cccc3c(-c4c(-c5ccccc5)c(-c5ccccc5)c(-c5ccccc5)c(-c5ccccc5)c4[Si](C)(C)C)ccc(c23)C1=O. The summed E-state index contributed by atoms with van der Waals surface area (Å²) in [5.41, 5.74) is 12.8. The molecule has 3 nitrogen and oxygen atoms in total. The Morgan fingerprint density at radius 3 is 1.34 bits per heavy atom. The van der Waals surface area contributed by atoms with Gasteiger partial charge < -0.3 is 0 Å². The number of imide groups is 1. The molecule has 7 aromatic carbocycles. The molecule has 0 atom stereocenters. The number of rotatable bonds is 9. The van der Waals surface area contributed by atoms with Gasteiger partial charge in [0.1, 0.15) is 0 Å². The lowest BCUT2D eigenvalue weighted by Crippen LogP contribution is -2.42. The molecule has 2 amide bonds. The highest BCUT2D eigenvalue weighted by atomic mass is 28.3. The fraction of sp³-hybridized carbons (Fsp3) is 0.143. The van der Waals surface area contributed by atoms with E-state index in [9.17, 15) is 9.59 Å². The molecule has 0 unspecified atom stereocenters. The summed E-state index contributed by atoms with van der Waals surface area (Å²) in [6, 6.07) is 53.3. The average Bonchev–Trinajstić information content (AvgIpc) is 3.19. The van der Waals surface area contributed by atoms with Crippen LogP contribution in [0, 0.1) is 0 Å². The second-order valence-electron chi connectivity index (χ2n) is 15.0. The van der Waals surface area contributed by atoms with Crippen molar-refractivity contribution in [2.45, 2.75) is 39.4 Å². The van der Waals surface area contributed by atoms with Gasteiger partial charge in [-0.1, -0.05) is 173 Å². The van der Waals surface area contributed by atoms with E-state index in [0.29, 0.717) is 17.7 Å². The maximum Gasteiger partial charge on any atom is 0.261 e. The molecule has 0 bridgehead atoms. The van der Waals surface area contributed by atoms with E-state index in [2.05, 4.69) is 160 Å². The highest BCUT2D eigenvalue weighted by Gasteiger charge is 2.37. The molecule has 1 heterocycles. The second-order valence-corrected chi connectivity index (χ2v) is 20.0. The normalized spacial score (nSPS) is 12.8. The number of hydrogen-bond acceptors (Lipinski definition) is 2. The smallest absolute Gasteiger partial charge is 0.261 e. The first-order valence-corrected chi connectivity index (χ1v) is 22.2. The first-order valence-electron chi connectivity index (χ1n) is 18.7. The fourth-order valence-electron chi connectivity index (χ4n) is 8.23. The number of unbranched alkanes of at least 4 members (excludes halogenated alkanes) is 1. The van der Waals surface area contributed by atoms with Crippen LogP contribution in [-0.4, -0.2) is 31.3 Å². The molecular weight excluding hydrogens is 663 g/mol. The van der Waals surface area contributed by atoms with Crippen LogP contribution in [0.5, 0.6) is 0 Å². The van der Waals surface area contributed by atoms with Crippen molar-refractivity contribution in [3.8, 4) is 55.6 Å². The Hall–Kier alpha value is -5.84. The van der Waals surface area contributed by atoms with Crippen LogP contribution in [0.4, 0.5) is 0 Å². The van der Waals surface area contributed by atoms with Crippen LogP contribution >= 0.6 is 0 Å². The maximum atomic E-state index is 14.1. The number of carbonyl (C=O) groups excluding carboxylic acids is 2. The highest BCUT2D eigenvalue weighted by molar-refractivity contribution is 6.91. The van der Waals surface area contributed by atoms with Gasteiger partial charge in [-0.15, -0.1) is 0 Å². The average molecular weight is 706 g/mol. The summed E-state index contributed by atoms with van der Waals surface area (Å²) in [6.45, 7) is 9.82. The van der Waals surface area contributed by atoms with Gasteiger partial charge in [-0.05, 0) is 84.8 Å². The molecule has 0 saturated heterocycles. The van der Waals surface area contributed by atoms with Gasteiger partial charge in [0.15, 0.2) is 0 Å². The zero-order valence-electron chi connectivity index (χ0n) is 30.8. The van der Waals surface area contributed by atoms with Crippen LogP contribution in [0.2, 0.25) is 19.6 Å². The van der Waals surface area contributed by atoms with Gasteiger partial charge in [0, 0.05) is 23.1 Å². The summed E-state index contributed by atoms with van der Waals surface area (Å²) in [5.74, 6) is -0.413. The molecule has 53 heavy (non-hydrogen) atoms. The molecule has 7 aromatic rings. The lowest BCUT2D eigenvalue weighted by atomic mass is 9.77. The van der Waals surface area contributed by atoms with Crippen molar-refractivity contribution in [2.24, 2.45) is 0 Å². The second kappa shape index (κ2) is 13.9. The molecule has 0 aliphatic carbocycles. The van der Waals surface area contributed by atoms with Crippen molar-refractivity contribution in [1.29, 1.82) is 0 Å². The molecule has 0 fully saturated rings. The summed E-state index contributed by atoms with van der Waals surface area (Å²) >= 11 is 0.